The van der Waals surface area contributed by atoms with Crippen molar-refractivity contribution in [3.63, 3.8) is 0 Å². The second-order valence-electron chi connectivity index (χ2n) is 1.30. The van der Waals surface area contributed by atoms with Crippen molar-refractivity contribution >= 4 is 5.97 Å². The number of carboxylic acids is 1. The molecule has 0 atom stereocenters. The van der Waals surface area contributed by atoms with Gasteiger partial charge in [0.15, 0.2) is 0 Å². The van der Waals surface area contributed by atoms with Crippen molar-refractivity contribution in [2.45, 2.75) is 6.92 Å². The minimum Gasteiger partial charge on any atom is -0.501 e. The molecule has 1 N–H and O–H groups in total. The second-order valence-corrected chi connectivity index (χ2v) is 1.30. The second kappa shape index (κ2) is 3.07. The molecule has 3 heteroatoms. The molecule has 0 bridgehead atoms. The first-order chi connectivity index (χ1) is 3.66. The number of hydrogen-bond acceptors (Lipinski definition) is 2. The summed E-state index contributed by atoms with van der Waals surface area (Å²) in [6.07, 6.45) is 1.00. The monoisotopic (exact) mass is 116 g/mol. The van der Waals surface area contributed by atoms with Crippen molar-refractivity contribution in [2.75, 3.05) is 7.11 Å². The molecule has 0 spiro atoms. The SMILES string of the molecule is CO/C(C)=C/C(=O)O. The number of carbonyl (C=O) groups is 1. The van der Waals surface area contributed by atoms with Crippen LogP contribution in [0.3, 0.4) is 0 Å². The highest BCUT2D eigenvalue weighted by Gasteiger charge is 1.89. The third-order valence-electron chi connectivity index (χ3n) is 0.649. The zero-order valence-electron chi connectivity index (χ0n) is 4.84. The highest BCUT2D eigenvalue weighted by Crippen LogP contribution is 1.89. The summed E-state index contributed by atoms with van der Waals surface area (Å²) < 4.78 is 4.54. The molecular formula is C5H8O3. The molecule has 0 aromatic heterocycles. The minimum absolute atomic E-state index is 0.400. The lowest BCUT2D eigenvalue weighted by molar-refractivity contribution is -0.131. The van der Waals surface area contributed by atoms with Gasteiger partial charge in [0, 0.05) is 0 Å². The normalized spacial score (nSPS) is 11.0. The Morgan fingerprint density at radius 1 is 1.75 bits per heavy atom. The molecule has 0 saturated heterocycles. The van der Waals surface area contributed by atoms with Crippen molar-refractivity contribution in [1.29, 1.82) is 0 Å². The van der Waals surface area contributed by atoms with E-state index in [1.54, 1.807) is 6.92 Å². The maximum atomic E-state index is 9.81. The third-order valence-corrected chi connectivity index (χ3v) is 0.649. The van der Waals surface area contributed by atoms with Crippen molar-refractivity contribution in [3.8, 4) is 0 Å². The molecule has 0 amide bonds. The lowest BCUT2D eigenvalue weighted by atomic mass is 10.5. The van der Waals surface area contributed by atoms with Gasteiger partial charge in [-0.2, -0.15) is 0 Å². The van der Waals surface area contributed by atoms with Gasteiger partial charge in [-0.1, -0.05) is 0 Å². The number of hydrogen-bond donors (Lipinski definition) is 1. The van der Waals surface area contributed by atoms with Crippen molar-refractivity contribution in [2.24, 2.45) is 0 Å². The number of allylic oxidation sites excluding steroid dienone is 1. The summed E-state index contributed by atoms with van der Waals surface area (Å²) in [7, 11) is 1.43. The lowest BCUT2D eigenvalue weighted by Crippen LogP contribution is -1.90. The number of carboxylic acid groups (broad SMARTS) is 1. The first kappa shape index (κ1) is 7.01. The van der Waals surface area contributed by atoms with E-state index in [-0.39, 0.29) is 0 Å². The van der Waals surface area contributed by atoms with Gasteiger partial charge in [-0.25, -0.2) is 4.79 Å². The number of ether oxygens (including phenoxy) is 1. The molecular weight excluding hydrogens is 108 g/mol. The zero-order chi connectivity index (χ0) is 6.57. The van der Waals surface area contributed by atoms with Crippen molar-refractivity contribution < 1.29 is 14.6 Å². The first-order valence-corrected chi connectivity index (χ1v) is 2.12. The van der Waals surface area contributed by atoms with Crippen LogP contribution in [0.15, 0.2) is 11.8 Å². The Hall–Kier alpha value is -0.990. The molecule has 46 valence electrons. The number of methoxy groups -OCH3 is 1. The summed E-state index contributed by atoms with van der Waals surface area (Å²) >= 11 is 0. The summed E-state index contributed by atoms with van der Waals surface area (Å²) in [6.45, 7) is 1.58. The van der Waals surface area contributed by atoms with Gasteiger partial charge >= 0.3 is 5.97 Å². The summed E-state index contributed by atoms with van der Waals surface area (Å²) in [5.74, 6) is -0.582. The first-order valence-electron chi connectivity index (χ1n) is 2.12. The summed E-state index contributed by atoms with van der Waals surface area (Å²) in [6, 6.07) is 0. The Balaban J connectivity index is 3.75. The van der Waals surface area contributed by atoms with E-state index < -0.39 is 5.97 Å². The molecule has 0 fully saturated rings. The topological polar surface area (TPSA) is 46.5 Å². The van der Waals surface area contributed by atoms with Crippen LogP contribution in [0.1, 0.15) is 6.92 Å². The third kappa shape index (κ3) is 3.21. The lowest BCUT2D eigenvalue weighted by Gasteiger charge is -1.92. The standard InChI is InChI=1S/C5H8O3/c1-4(8-2)3-5(6)7/h3H,1-2H3,(H,6,7)/b4-3+. The minimum atomic E-state index is -0.982. The van der Waals surface area contributed by atoms with Gasteiger partial charge in [0.1, 0.15) is 0 Å². The highest BCUT2D eigenvalue weighted by molar-refractivity contribution is 5.80. The molecule has 0 saturated carbocycles. The van der Waals surface area contributed by atoms with Crippen LogP contribution in [0, 0.1) is 0 Å². The fraction of sp³-hybridized carbons (Fsp3) is 0.400. The van der Waals surface area contributed by atoms with Crippen LogP contribution in [-0.2, 0) is 9.53 Å². The Morgan fingerprint density at radius 3 is 2.38 bits per heavy atom. The Kier molecular flexibility index (Phi) is 2.69. The summed E-state index contributed by atoms with van der Waals surface area (Å²) in [5.41, 5.74) is 0. The molecule has 0 rings (SSSR count). The number of aliphatic carboxylic acids is 1. The molecule has 0 heterocycles. The van der Waals surface area contributed by atoms with Gasteiger partial charge in [-0.3, -0.25) is 0 Å². The largest absolute Gasteiger partial charge is 0.501 e. The maximum Gasteiger partial charge on any atom is 0.331 e. The summed E-state index contributed by atoms with van der Waals surface area (Å²) in [4.78, 5) is 9.81. The predicted octanol–water partition coefficient (Wildman–Crippen LogP) is 0.621. The van der Waals surface area contributed by atoms with E-state index in [1.807, 2.05) is 0 Å². The van der Waals surface area contributed by atoms with Gasteiger partial charge in [0.2, 0.25) is 0 Å². The van der Waals surface area contributed by atoms with Gasteiger partial charge in [0.05, 0.1) is 18.9 Å². The fourth-order valence-corrected chi connectivity index (χ4v) is 0.233. The van der Waals surface area contributed by atoms with Crippen molar-refractivity contribution in [3.05, 3.63) is 11.8 Å². The van der Waals surface area contributed by atoms with Gasteiger partial charge in [0.25, 0.3) is 0 Å². The molecule has 3 nitrogen and oxygen atoms in total. The molecule has 0 aromatic rings. The molecule has 0 unspecified atom stereocenters. The molecule has 0 aliphatic heterocycles. The molecule has 0 radical (unpaired) electrons. The van der Waals surface area contributed by atoms with Crippen LogP contribution in [0.25, 0.3) is 0 Å². The van der Waals surface area contributed by atoms with Crippen LogP contribution >= 0.6 is 0 Å². The fourth-order valence-electron chi connectivity index (χ4n) is 0.233. The Bertz CT molecular complexity index is 115. The smallest absolute Gasteiger partial charge is 0.331 e. The van der Waals surface area contributed by atoms with Crippen LogP contribution in [0.2, 0.25) is 0 Å². The van der Waals surface area contributed by atoms with Crippen LogP contribution in [0.4, 0.5) is 0 Å². The predicted molar refractivity (Wildman–Crippen MR) is 28.4 cm³/mol. The van der Waals surface area contributed by atoms with E-state index >= 15 is 0 Å². The average Bonchev–Trinajstić information content (AvgIpc) is 1.65. The molecule has 0 aliphatic carbocycles. The molecule has 8 heavy (non-hydrogen) atoms. The van der Waals surface area contributed by atoms with E-state index in [2.05, 4.69) is 4.74 Å². The van der Waals surface area contributed by atoms with Crippen LogP contribution < -0.4 is 0 Å². The average molecular weight is 116 g/mol. The maximum absolute atomic E-state index is 9.81. The van der Waals surface area contributed by atoms with Crippen LogP contribution in [0.5, 0.6) is 0 Å². The van der Waals surface area contributed by atoms with Gasteiger partial charge in [-0.15, -0.1) is 0 Å². The van der Waals surface area contributed by atoms with E-state index in [0.717, 1.165) is 6.08 Å². The van der Waals surface area contributed by atoms with E-state index in [1.165, 1.54) is 7.11 Å². The highest BCUT2D eigenvalue weighted by atomic mass is 16.5. The Morgan fingerprint density at radius 2 is 2.25 bits per heavy atom. The zero-order valence-corrected chi connectivity index (χ0v) is 4.84. The van der Waals surface area contributed by atoms with Gasteiger partial charge in [-0.05, 0) is 6.92 Å². The van der Waals surface area contributed by atoms with E-state index in [0.29, 0.717) is 5.76 Å². The van der Waals surface area contributed by atoms with E-state index in [9.17, 15) is 4.79 Å². The quantitative estimate of drug-likeness (QED) is 0.425. The van der Waals surface area contributed by atoms with Gasteiger partial charge < -0.3 is 9.84 Å². The molecule has 0 aliphatic rings. The van der Waals surface area contributed by atoms with Crippen molar-refractivity contribution in [1.82, 2.24) is 0 Å². The van der Waals surface area contributed by atoms with Crippen LogP contribution in [-0.4, -0.2) is 18.2 Å². The Labute approximate surface area is 47.6 Å². The van der Waals surface area contributed by atoms with E-state index in [4.69, 9.17) is 5.11 Å². The summed E-state index contributed by atoms with van der Waals surface area (Å²) in [5, 5.41) is 8.06. The molecule has 0 aromatic carbocycles. The number of rotatable bonds is 2.